The maximum Gasteiger partial charge on any atom is 0.313 e. The summed E-state index contributed by atoms with van der Waals surface area (Å²) in [5.74, 6) is 0.715. The van der Waals surface area contributed by atoms with Crippen molar-refractivity contribution in [1.82, 2.24) is 15.1 Å². The average molecular weight is 402 g/mol. The van der Waals surface area contributed by atoms with E-state index >= 15 is 0 Å². The van der Waals surface area contributed by atoms with E-state index in [4.69, 9.17) is 14.2 Å². The molecule has 0 radical (unpaired) electrons. The van der Waals surface area contributed by atoms with E-state index in [0.717, 1.165) is 48.5 Å². The SMILES string of the molecule is CCOC(=O)[C@]1(CCOC)CCCN(Cc2cn[nH]c2-c2ccc(OC)cc2)C1. The molecule has 0 aliphatic carbocycles. The standard InChI is InChI=1S/C22H31N3O4/c1-4-29-21(26)22(11-13-27-2)10-5-12-25(16-22)15-18-14-23-24-20(18)17-6-8-19(28-3)9-7-17/h6-9,14H,4-5,10-13,15-16H2,1-3H3,(H,23,24)/t22-/m0/s1. The molecule has 2 heterocycles. The Morgan fingerprint density at radius 3 is 2.76 bits per heavy atom. The van der Waals surface area contributed by atoms with Crippen molar-refractivity contribution < 1.29 is 19.0 Å². The van der Waals surface area contributed by atoms with Crippen LogP contribution >= 0.6 is 0 Å². The van der Waals surface area contributed by atoms with E-state index in [1.165, 1.54) is 0 Å². The van der Waals surface area contributed by atoms with Crippen LogP contribution in [0.5, 0.6) is 5.75 Å². The summed E-state index contributed by atoms with van der Waals surface area (Å²) in [5, 5.41) is 7.38. The number of piperidine rings is 1. The number of rotatable bonds is 9. The first kappa shape index (κ1) is 21.3. The summed E-state index contributed by atoms with van der Waals surface area (Å²) in [6, 6.07) is 7.93. The molecule has 0 bridgehead atoms. The third kappa shape index (κ3) is 4.97. The molecular weight excluding hydrogens is 370 g/mol. The van der Waals surface area contributed by atoms with Crippen LogP contribution in [0.1, 0.15) is 31.7 Å². The molecule has 7 heteroatoms. The van der Waals surface area contributed by atoms with Crippen molar-refractivity contribution >= 4 is 5.97 Å². The molecule has 1 aromatic carbocycles. The minimum absolute atomic E-state index is 0.107. The number of ether oxygens (including phenoxy) is 3. The fraction of sp³-hybridized carbons (Fsp3) is 0.545. The van der Waals surface area contributed by atoms with Gasteiger partial charge in [0.05, 0.1) is 31.0 Å². The predicted molar refractivity (Wildman–Crippen MR) is 111 cm³/mol. The molecule has 1 aromatic heterocycles. The Kier molecular flexibility index (Phi) is 7.28. The highest BCUT2D eigenvalue weighted by atomic mass is 16.5. The molecule has 0 amide bonds. The van der Waals surface area contributed by atoms with Gasteiger partial charge in [-0.1, -0.05) is 0 Å². The number of H-pyrrole nitrogens is 1. The van der Waals surface area contributed by atoms with Gasteiger partial charge >= 0.3 is 5.97 Å². The molecule has 0 saturated carbocycles. The summed E-state index contributed by atoms with van der Waals surface area (Å²) in [7, 11) is 3.33. The topological polar surface area (TPSA) is 76.7 Å². The zero-order chi connectivity index (χ0) is 20.7. The van der Waals surface area contributed by atoms with Gasteiger partial charge in [-0.05, 0) is 57.0 Å². The fourth-order valence-corrected chi connectivity index (χ4v) is 4.10. The molecule has 1 aliphatic heterocycles. The van der Waals surface area contributed by atoms with Crippen LogP contribution in [0.3, 0.4) is 0 Å². The first-order valence-electron chi connectivity index (χ1n) is 10.2. The van der Waals surface area contributed by atoms with Crippen molar-refractivity contribution in [3.8, 4) is 17.0 Å². The van der Waals surface area contributed by atoms with Crippen molar-refractivity contribution in [2.24, 2.45) is 5.41 Å². The number of hydrogen-bond acceptors (Lipinski definition) is 6. The molecule has 29 heavy (non-hydrogen) atoms. The minimum atomic E-state index is -0.506. The Labute approximate surface area is 172 Å². The number of likely N-dealkylation sites (tertiary alicyclic amines) is 1. The number of aromatic nitrogens is 2. The van der Waals surface area contributed by atoms with Gasteiger partial charge in [0.1, 0.15) is 5.75 Å². The maximum atomic E-state index is 12.8. The van der Waals surface area contributed by atoms with E-state index in [1.54, 1.807) is 14.2 Å². The number of carbonyl (C=O) groups is 1. The number of nitrogens with one attached hydrogen (secondary N) is 1. The molecule has 1 fully saturated rings. The molecule has 1 aliphatic rings. The molecule has 3 rings (SSSR count). The van der Waals surface area contributed by atoms with Gasteiger partial charge in [0.25, 0.3) is 0 Å². The van der Waals surface area contributed by atoms with Crippen molar-refractivity contribution in [2.75, 3.05) is 40.5 Å². The molecule has 1 N–H and O–H groups in total. The molecule has 2 aromatic rings. The zero-order valence-electron chi connectivity index (χ0n) is 17.6. The Bertz CT molecular complexity index is 790. The highest BCUT2D eigenvalue weighted by Crippen LogP contribution is 2.36. The number of benzene rings is 1. The van der Waals surface area contributed by atoms with Gasteiger partial charge in [-0.2, -0.15) is 5.10 Å². The summed E-state index contributed by atoms with van der Waals surface area (Å²) >= 11 is 0. The van der Waals surface area contributed by atoms with Gasteiger partial charge in [-0.25, -0.2) is 0 Å². The second-order valence-electron chi connectivity index (χ2n) is 7.56. The van der Waals surface area contributed by atoms with Gasteiger partial charge in [0, 0.05) is 37.9 Å². The van der Waals surface area contributed by atoms with Gasteiger partial charge in [0.15, 0.2) is 0 Å². The van der Waals surface area contributed by atoms with Crippen LogP contribution in [0.4, 0.5) is 0 Å². The Morgan fingerprint density at radius 1 is 1.28 bits per heavy atom. The first-order chi connectivity index (χ1) is 14.1. The van der Waals surface area contributed by atoms with Gasteiger partial charge in [-0.15, -0.1) is 0 Å². The number of carbonyl (C=O) groups excluding carboxylic acids is 1. The zero-order valence-corrected chi connectivity index (χ0v) is 17.6. The predicted octanol–water partition coefficient (Wildman–Crippen LogP) is 3.27. The number of methoxy groups -OCH3 is 2. The monoisotopic (exact) mass is 401 g/mol. The highest BCUT2D eigenvalue weighted by molar-refractivity contribution is 5.77. The number of esters is 1. The Balaban J connectivity index is 1.76. The Hall–Kier alpha value is -2.38. The molecule has 1 saturated heterocycles. The minimum Gasteiger partial charge on any atom is -0.497 e. The van der Waals surface area contributed by atoms with E-state index < -0.39 is 5.41 Å². The third-order valence-corrected chi connectivity index (χ3v) is 5.64. The molecule has 1 atom stereocenters. The largest absolute Gasteiger partial charge is 0.497 e. The summed E-state index contributed by atoms with van der Waals surface area (Å²) in [6.07, 6.45) is 4.34. The molecular formula is C22H31N3O4. The first-order valence-corrected chi connectivity index (χ1v) is 10.2. The second-order valence-corrected chi connectivity index (χ2v) is 7.56. The third-order valence-electron chi connectivity index (χ3n) is 5.64. The maximum absolute atomic E-state index is 12.8. The molecule has 158 valence electrons. The van der Waals surface area contributed by atoms with Crippen molar-refractivity contribution in [1.29, 1.82) is 0 Å². The van der Waals surface area contributed by atoms with Crippen molar-refractivity contribution in [3.63, 3.8) is 0 Å². The summed E-state index contributed by atoms with van der Waals surface area (Å²) in [6.45, 7) is 5.15. The number of nitrogens with zero attached hydrogens (tertiary/aromatic N) is 2. The summed E-state index contributed by atoms with van der Waals surface area (Å²) in [4.78, 5) is 15.1. The fourth-order valence-electron chi connectivity index (χ4n) is 4.10. The molecule has 0 spiro atoms. The normalized spacial score (nSPS) is 19.8. The molecule has 0 unspecified atom stereocenters. The van der Waals surface area contributed by atoms with Crippen LogP contribution in [0.25, 0.3) is 11.3 Å². The van der Waals surface area contributed by atoms with E-state index in [9.17, 15) is 4.79 Å². The summed E-state index contributed by atoms with van der Waals surface area (Å²) in [5.41, 5.74) is 2.67. The lowest BCUT2D eigenvalue weighted by molar-refractivity contribution is -0.160. The van der Waals surface area contributed by atoms with Gasteiger partial charge in [-0.3, -0.25) is 14.8 Å². The van der Waals surface area contributed by atoms with Crippen LogP contribution in [0, 0.1) is 5.41 Å². The Morgan fingerprint density at radius 2 is 2.07 bits per heavy atom. The summed E-state index contributed by atoms with van der Waals surface area (Å²) < 4.78 is 16.0. The van der Waals surface area contributed by atoms with E-state index in [2.05, 4.69) is 15.1 Å². The van der Waals surface area contributed by atoms with E-state index in [0.29, 0.717) is 26.2 Å². The lowest BCUT2D eigenvalue weighted by atomic mass is 9.77. The lowest BCUT2D eigenvalue weighted by Crippen LogP contribution is -2.48. The van der Waals surface area contributed by atoms with Crippen LogP contribution in [-0.2, 0) is 20.8 Å². The van der Waals surface area contributed by atoms with E-state index in [1.807, 2.05) is 37.4 Å². The van der Waals surface area contributed by atoms with Crippen LogP contribution in [-0.4, -0.2) is 61.6 Å². The van der Waals surface area contributed by atoms with Crippen LogP contribution < -0.4 is 4.74 Å². The van der Waals surface area contributed by atoms with Crippen molar-refractivity contribution in [3.05, 3.63) is 36.0 Å². The van der Waals surface area contributed by atoms with Crippen LogP contribution in [0.15, 0.2) is 30.5 Å². The smallest absolute Gasteiger partial charge is 0.313 e. The second kappa shape index (κ2) is 9.89. The lowest BCUT2D eigenvalue weighted by Gasteiger charge is -2.41. The quantitative estimate of drug-likeness (QED) is 0.650. The average Bonchev–Trinajstić information content (AvgIpc) is 3.20. The van der Waals surface area contributed by atoms with Crippen LogP contribution in [0.2, 0.25) is 0 Å². The van der Waals surface area contributed by atoms with Crippen molar-refractivity contribution in [2.45, 2.75) is 32.7 Å². The van der Waals surface area contributed by atoms with E-state index in [-0.39, 0.29) is 5.97 Å². The highest BCUT2D eigenvalue weighted by Gasteiger charge is 2.43. The number of hydrogen-bond donors (Lipinski definition) is 1. The van der Waals surface area contributed by atoms with Gasteiger partial charge in [0.2, 0.25) is 0 Å². The van der Waals surface area contributed by atoms with Gasteiger partial charge < -0.3 is 14.2 Å². The molecule has 7 nitrogen and oxygen atoms in total. The number of aromatic amines is 1.